The molecule has 1 N–H and O–H groups in total. The van der Waals surface area contributed by atoms with Gasteiger partial charge in [0.1, 0.15) is 11.5 Å². The molecule has 1 aliphatic carbocycles. The first-order valence-electron chi connectivity index (χ1n) is 10.6. The van der Waals surface area contributed by atoms with E-state index in [0.717, 1.165) is 29.7 Å². The Morgan fingerprint density at radius 2 is 1.72 bits per heavy atom. The van der Waals surface area contributed by atoms with E-state index in [-0.39, 0.29) is 18.2 Å². The number of amides is 1. The molecule has 32 heavy (non-hydrogen) atoms. The molecule has 166 valence electrons. The van der Waals surface area contributed by atoms with Crippen molar-refractivity contribution in [3.8, 4) is 28.4 Å². The van der Waals surface area contributed by atoms with Crippen molar-refractivity contribution < 1.29 is 23.4 Å². The zero-order valence-electron chi connectivity index (χ0n) is 18.2. The van der Waals surface area contributed by atoms with Crippen molar-refractivity contribution in [1.82, 2.24) is 5.32 Å². The number of benzene rings is 3. The average Bonchev–Trinajstić information content (AvgIpc) is 3.66. The second-order valence-electron chi connectivity index (χ2n) is 7.82. The Hall–Kier alpha value is -3.54. The second kappa shape index (κ2) is 9.73. The number of carbonyl (C=O) groups excluding carboxylic acids is 1. The molecule has 3 aromatic rings. The number of methoxy groups -OCH3 is 2. The van der Waals surface area contributed by atoms with Gasteiger partial charge in [0.15, 0.2) is 11.6 Å². The number of carbonyl (C=O) groups is 1. The molecule has 0 bridgehead atoms. The molecule has 1 saturated carbocycles. The Morgan fingerprint density at radius 1 is 0.969 bits per heavy atom. The zero-order valence-corrected chi connectivity index (χ0v) is 18.2. The van der Waals surface area contributed by atoms with Gasteiger partial charge in [-0.05, 0) is 60.2 Å². The zero-order chi connectivity index (χ0) is 22.5. The number of hydrogen-bond donors (Lipinski definition) is 1. The van der Waals surface area contributed by atoms with Crippen molar-refractivity contribution in [2.45, 2.75) is 19.4 Å². The van der Waals surface area contributed by atoms with Gasteiger partial charge in [0.25, 0.3) is 5.91 Å². The third-order valence-corrected chi connectivity index (χ3v) is 5.48. The Kier molecular flexibility index (Phi) is 6.59. The van der Waals surface area contributed by atoms with Gasteiger partial charge >= 0.3 is 0 Å². The lowest BCUT2D eigenvalue weighted by Gasteiger charge is -2.15. The van der Waals surface area contributed by atoms with Crippen molar-refractivity contribution >= 4 is 5.91 Å². The average molecular weight is 435 g/mol. The molecule has 1 amide bonds. The van der Waals surface area contributed by atoms with E-state index >= 15 is 0 Å². The van der Waals surface area contributed by atoms with Crippen molar-refractivity contribution in [1.29, 1.82) is 0 Å². The topological polar surface area (TPSA) is 56.8 Å². The van der Waals surface area contributed by atoms with Gasteiger partial charge < -0.3 is 19.5 Å². The fraction of sp³-hybridized carbons (Fsp3) is 0.269. The maximum absolute atomic E-state index is 14.0. The van der Waals surface area contributed by atoms with E-state index in [1.165, 1.54) is 13.2 Å². The van der Waals surface area contributed by atoms with Crippen molar-refractivity contribution in [3.63, 3.8) is 0 Å². The van der Waals surface area contributed by atoms with Crippen LogP contribution in [0, 0.1) is 11.7 Å². The molecule has 0 aliphatic heterocycles. The largest absolute Gasteiger partial charge is 0.496 e. The Bertz CT molecular complexity index is 1110. The first kappa shape index (κ1) is 21.7. The lowest BCUT2D eigenvalue weighted by Crippen LogP contribution is -2.24. The Labute approximate surface area is 187 Å². The molecule has 3 aromatic carbocycles. The van der Waals surface area contributed by atoms with Crippen LogP contribution < -0.4 is 19.5 Å². The summed E-state index contributed by atoms with van der Waals surface area (Å²) in [6, 6.07) is 17.8. The van der Waals surface area contributed by atoms with Crippen LogP contribution in [0.2, 0.25) is 0 Å². The minimum Gasteiger partial charge on any atom is -0.496 e. The molecule has 1 aliphatic rings. The van der Waals surface area contributed by atoms with E-state index in [9.17, 15) is 9.18 Å². The van der Waals surface area contributed by atoms with Gasteiger partial charge in [0.2, 0.25) is 0 Å². The molecule has 5 nitrogen and oxygen atoms in total. The minimum absolute atomic E-state index is 0.167. The highest BCUT2D eigenvalue weighted by molar-refractivity contribution is 5.98. The fourth-order valence-corrected chi connectivity index (χ4v) is 3.47. The number of halogens is 1. The van der Waals surface area contributed by atoms with Gasteiger partial charge in [-0.25, -0.2) is 4.39 Å². The maximum Gasteiger partial charge on any atom is 0.255 e. The van der Waals surface area contributed by atoms with Crippen molar-refractivity contribution in [2.24, 2.45) is 5.92 Å². The molecule has 0 aromatic heterocycles. The summed E-state index contributed by atoms with van der Waals surface area (Å²) >= 11 is 0. The number of nitrogens with one attached hydrogen (secondary N) is 1. The van der Waals surface area contributed by atoms with Crippen LogP contribution in [0.4, 0.5) is 4.39 Å². The first-order valence-corrected chi connectivity index (χ1v) is 10.6. The number of ether oxygens (including phenoxy) is 3. The number of rotatable bonds is 9. The van der Waals surface area contributed by atoms with Crippen LogP contribution in [-0.4, -0.2) is 26.7 Å². The Morgan fingerprint density at radius 3 is 2.44 bits per heavy atom. The molecule has 0 spiro atoms. The molecule has 0 unspecified atom stereocenters. The normalized spacial score (nSPS) is 12.8. The summed E-state index contributed by atoms with van der Waals surface area (Å²) < 4.78 is 30.4. The lowest BCUT2D eigenvalue weighted by atomic mass is 10.0. The van der Waals surface area contributed by atoms with Crippen LogP contribution >= 0.6 is 0 Å². The third-order valence-electron chi connectivity index (χ3n) is 5.48. The van der Waals surface area contributed by atoms with Crippen LogP contribution in [0.5, 0.6) is 17.2 Å². The quantitative estimate of drug-likeness (QED) is 0.500. The smallest absolute Gasteiger partial charge is 0.255 e. The van der Waals surface area contributed by atoms with Gasteiger partial charge in [-0.2, -0.15) is 0 Å². The Balaban J connectivity index is 1.58. The van der Waals surface area contributed by atoms with Gasteiger partial charge in [-0.15, -0.1) is 0 Å². The predicted molar refractivity (Wildman–Crippen MR) is 121 cm³/mol. The standard InChI is InChI=1S/C26H26FNO4/c1-30-23-6-4-3-5-20(23)19-10-12-24(32-16-17-7-8-17)21(14-19)26(29)28-15-18-9-11-25(31-2)22(27)13-18/h3-6,9-14,17H,7-8,15-16H2,1-2H3,(H,28,29). The summed E-state index contributed by atoms with van der Waals surface area (Å²) in [4.78, 5) is 13.1. The molecule has 4 rings (SSSR count). The van der Waals surface area contributed by atoms with Crippen molar-refractivity contribution in [3.05, 3.63) is 77.6 Å². The van der Waals surface area contributed by atoms with E-state index < -0.39 is 5.82 Å². The van der Waals surface area contributed by atoms with Crippen LogP contribution in [0.15, 0.2) is 60.7 Å². The second-order valence-corrected chi connectivity index (χ2v) is 7.82. The molecule has 0 radical (unpaired) electrons. The molecule has 0 heterocycles. The molecular formula is C26H26FNO4. The highest BCUT2D eigenvalue weighted by Gasteiger charge is 2.23. The maximum atomic E-state index is 14.0. The summed E-state index contributed by atoms with van der Waals surface area (Å²) in [5.74, 6) is 1.23. The van der Waals surface area contributed by atoms with E-state index in [1.54, 1.807) is 19.2 Å². The summed E-state index contributed by atoms with van der Waals surface area (Å²) in [6.07, 6.45) is 2.31. The van der Waals surface area contributed by atoms with E-state index in [0.29, 0.717) is 29.4 Å². The highest BCUT2D eigenvalue weighted by Crippen LogP contribution is 2.34. The van der Waals surface area contributed by atoms with Crippen LogP contribution in [-0.2, 0) is 6.54 Å². The molecular weight excluding hydrogens is 409 g/mol. The van der Waals surface area contributed by atoms with Gasteiger partial charge in [-0.1, -0.05) is 30.3 Å². The molecule has 1 fully saturated rings. The SMILES string of the molecule is COc1ccc(CNC(=O)c2cc(-c3ccccc3OC)ccc2OCC2CC2)cc1F. The molecule has 6 heteroatoms. The van der Waals surface area contributed by atoms with Gasteiger partial charge in [0, 0.05) is 12.1 Å². The van der Waals surface area contributed by atoms with Crippen molar-refractivity contribution in [2.75, 3.05) is 20.8 Å². The molecule has 0 atom stereocenters. The summed E-state index contributed by atoms with van der Waals surface area (Å²) in [5.41, 5.74) is 2.80. The van der Waals surface area contributed by atoms with E-state index in [1.807, 2.05) is 42.5 Å². The van der Waals surface area contributed by atoms with Crippen LogP contribution in [0.25, 0.3) is 11.1 Å². The summed E-state index contributed by atoms with van der Waals surface area (Å²) in [6.45, 7) is 0.776. The van der Waals surface area contributed by atoms with E-state index in [2.05, 4.69) is 5.32 Å². The summed E-state index contributed by atoms with van der Waals surface area (Å²) in [7, 11) is 3.03. The minimum atomic E-state index is -0.467. The number of hydrogen-bond acceptors (Lipinski definition) is 4. The van der Waals surface area contributed by atoms with Crippen LogP contribution in [0.3, 0.4) is 0 Å². The van der Waals surface area contributed by atoms with Crippen LogP contribution in [0.1, 0.15) is 28.8 Å². The van der Waals surface area contributed by atoms with Gasteiger partial charge in [0.05, 0.1) is 26.4 Å². The van der Waals surface area contributed by atoms with Gasteiger partial charge in [-0.3, -0.25) is 4.79 Å². The lowest BCUT2D eigenvalue weighted by molar-refractivity contribution is 0.0946. The first-order chi connectivity index (χ1) is 15.6. The summed E-state index contributed by atoms with van der Waals surface area (Å²) in [5, 5.41) is 2.87. The van der Waals surface area contributed by atoms with E-state index in [4.69, 9.17) is 14.2 Å². The highest BCUT2D eigenvalue weighted by atomic mass is 19.1. The fourth-order valence-electron chi connectivity index (χ4n) is 3.47. The predicted octanol–water partition coefficient (Wildman–Crippen LogP) is 5.23. The number of para-hydroxylation sites is 1. The third kappa shape index (κ3) is 5.02. The molecule has 0 saturated heterocycles. The monoisotopic (exact) mass is 435 g/mol.